The Bertz CT molecular complexity index is 791. The molecule has 1 saturated carbocycles. The Balaban J connectivity index is 1.79. The fourth-order valence-electron chi connectivity index (χ4n) is 3.47. The summed E-state index contributed by atoms with van der Waals surface area (Å²) in [5.74, 6) is 0.520. The Morgan fingerprint density at radius 3 is 2.52 bits per heavy atom. The molecule has 1 fully saturated rings. The number of halogens is 1. The first-order chi connectivity index (χ1) is 12.8. The largest absolute Gasteiger partial charge is 0.351 e. The van der Waals surface area contributed by atoms with Crippen LogP contribution >= 0.6 is 0 Å². The van der Waals surface area contributed by atoms with Crippen molar-refractivity contribution >= 4 is 17.8 Å². The van der Waals surface area contributed by atoms with E-state index in [1.165, 1.54) is 26.3 Å². The summed E-state index contributed by atoms with van der Waals surface area (Å²) in [4.78, 5) is 23.9. The van der Waals surface area contributed by atoms with Gasteiger partial charge in [-0.25, -0.2) is 4.39 Å². The summed E-state index contributed by atoms with van der Waals surface area (Å²) in [5.41, 5.74) is -0.428. The Kier molecular flexibility index (Phi) is 5.68. The minimum absolute atomic E-state index is 0.00126. The molecule has 0 saturated heterocycles. The van der Waals surface area contributed by atoms with Gasteiger partial charge in [0.25, 0.3) is 0 Å². The van der Waals surface area contributed by atoms with E-state index in [0.29, 0.717) is 11.9 Å². The second-order valence-corrected chi connectivity index (χ2v) is 7.59. The van der Waals surface area contributed by atoms with Crippen molar-refractivity contribution in [3.8, 4) is 0 Å². The van der Waals surface area contributed by atoms with E-state index in [1.54, 1.807) is 0 Å². The van der Waals surface area contributed by atoms with Gasteiger partial charge in [-0.2, -0.15) is 15.0 Å². The van der Waals surface area contributed by atoms with Crippen molar-refractivity contribution < 1.29 is 9.18 Å². The molecule has 1 aromatic carbocycles. The molecule has 27 heavy (non-hydrogen) atoms. The third-order valence-corrected chi connectivity index (χ3v) is 4.77. The zero-order valence-electron chi connectivity index (χ0n) is 16.0. The van der Waals surface area contributed by atoms with E-state index in [1.807, 2.05) is 18.2 Å². The number of hydrogen-bond acceptors (Lipinski definition) is 5. The van der Waals surface area contributed by atoms with Crippen LogP contribution in [-0.2, 0) is 16.9 Å². The predicted molar refractivity (Wildman–Crippen MR) is 103 cm³/mol. The molecule has 144 valence electrons. The molecule has 1 aromatic heterocycles. The molecule has 6 nitrogen and oxygen atoms in total. The number of nitrogens with zero attached hydrogens (tertiary/aromatic N) is 3. The molecule has 2 N–H and O–H groups in total. The van der Waals surface area contributed by atoms with E-state index in [-0.39, 0.29) is 23.7 Å². The van der Waals surface area contributed by atoms with E-state index in [4.69, 9.17) is 0 Å². The maximum absolute atomic E-state index is 14.4. The SMILES string of the molecule is CC(=O)Nc1nc(NC2CCCC2Cc2ccccc2)nc(C(C)(C)F)n1. The van der Waals surface area contributed by atoms with Crippen molar-refractivity contribution in [1.82, 2.24) is 15.0 Å². The Morgan fingerprint density at radius 1 is 1.15 bits per heavy atom. The third kappa shape index (κ3) is 5.21. The molecule has 2 unspecified atom stereocenters. The van der Waals surface area contributed by atoms with Gasteiger partial charge >= 0.3 is 0 Å². The van der Waals surface area contributed by atoms with Crippen LogP contribution in [0, 0.1) is 5.92 Å². The van der Waals surface area contributed by atoms with Gasteiger partial charge in [-0.1, -0.05) is 36.8 Å². The zero-order chi connectivity index (χ0) is 19.4. The smallest absolute Gasteiger partial charge is 0.234 e. The third-order valence-electron chi connectivity index (χ3n) is 4.77. The number of carbonyl (C=O) groups excluding carboxylic acids is 1. The average molecular weight is 371 g/mol. The molecule has 2 aromatic rings. The Labute approximate surface area is 159 Å². The molecule has 1 aliphatic carbocycles. The van der Waals surface area contributed by atoms with Crippen molar-refractivity contribution in [2.45, 2.75) is 58.2 Å². The predicted octanol–water partition coefficient (Wildman–Crippen LogP) is 3.86. The first-order valence-electron chi connectivity index (χ1n) is 9.35. The molecular formula is C20H26FN5O. The van der Waals surface area contributed by atoms with Crippen LogP contribution in [0.4, 0.5) is 16.3 Å². The van der Waals surface area contributed by atoms with Gasteiger partial charge < -0.3 is 5.32 Å². The van der Waals surface area contributed by atoms with E-state index >= 15 is 0 Å². The van der Waals surface area contributed by atoms with Crippen LogP contribution in [0.2, 0.25) is 0 Å². The number of anilines is 2. The standard InChI is InChI=1S/C20H26FN5O/c1-13(27)22-18-24-17(20(2,3)21)25-19(26-18)23-16-11-7-10-15(16)12-14-8-5-4-6-9-14/h4-6,8-9,15-16H,7,10-12H2,1-3H3,(H2,22,23,24,25,26,27). The highest BCUT2D eigenvalue weighted by Crippen LogP contribution is 2.31. The van der Waals surface area contributed by atoms with Crippen LogP contribution in [0.5, 0.6) is 0 Å². The van der Waals surface area contributed by atoms with Crippen molar-refractivity contribution in [2.24, 2.45) is 5.92 Å². The summed E-state index contributed by atoms with van der Waals surface area (Å²) in [5, 5.41) is 5.88. The summed E-state index contributed by atoms with van der Waals surface area (Å²) >= 11 is 0. The molecule has 0 radical (unpaired) electrons. The van der Waals surface area contributed by atoms with Gasteiger partial charge in [0.15, 0.2) is 11.5 Å². The maximum atomic E-state index is 14.4. The summed E-state index contributed by atoms with van der Waals surface area (Å²) in [6.07, 6.45) is 4.23. The van der Waals surface area contributed by atoms with Crippen LogP contribution in [0.1, 0.15) is 51.4 Å². The average Bonchev–Trinajstić information content (AvgIpc) is 3.01. The van der Waals surface area contributed by atoms with Crippen LogP contribution in [0.3, 0.4) is 0 Å². The topological polar surface area (TPSA) is 79.8 Å². The molecule has 0 aliphatic heterocycles. The number of rotatable bonds is 6. The lowest BCUT2D eigenvalue weighted by Gasteiger charge is -2.22. The molecular weight excluding hydrogens is 345 g/mol. The van der Waals surface area contributed by atoms with Crippen LogP contribution in [-0.4, -0.2) is 26.9 Å². The van der Waals surface area contributed by atoms with Crippen molar-refractivity contribution in [2.75, 3.05) is 10.6 Å². The highest BCUT2D eigenvalue weighted by atomic mass is 19.1. The van der Waals surface area contributed by atoms with Gasteiger partial charge in [0.2, 0.25) is 17.8 Å². The van der Waals surface area contributed by atoms with Gasteiger partial charge in [0, 0.05) is 13.0 Å². The van der Waals surface area contributed by atoms with Crippen molar-refractivity contribution in [1.29, 1.82) is 0 Å². The number of benzene rings is 1. The fraction of sp³-hybridized carbons (Fsp3) is 0.500. The number of aromatic nitrogens is 3. The highest BCUT2D eigenvalue weighted by molar-refractivity contribution is 5.86. The van der Waals surface area contributed by atoms with Gasteiger partial charge in [-0.15, -0.1) is 0 Å². The lowest BCUT2D eigenvalue weighted by atomic mass is 9.95. The quantitative estimate of drug-likeness (QED) is 0.806. The van der Waals surface area contributed by atoms with Gasteiger partial charge in [-0.05, 0) is 44.6 Å². The number of hydrogen-bond donors (Lipinski definition) is 2. The minimum Gasteiger partial charge on any atom is -0.351 e. The normalized spacial score (nSPS) is 19.7. The molecule has 0 spiro atoms. The number of alkyl halides is 1. The van der Waals surface area contributed by atoms with Gasteiger partial charge in [0.05, 0.1) is 0 Å². The molecule has 1 aliphatic rings. The Hall–Kier alpha value is -2.57. The molecule has 7 heteroatoms. The lowest BCUT2D eigenvalue weighted by molar-refractivity contribution is -0.114. The van der Waals surface area contributed by atoms with E-state index in [0.717, 1.165) is 25.7 Å². The van der Waals surface area contributed by atoms with Crippen molar-refractivity contribution in [3.05, 3.63) is 41.7 Å². The number of carbonyl (C=O) groups is 1. The summed E-state index contributed by atoms with van der Waals surface area (Å²) < 4.78 is 14.4. The first kappa shape index (κ1) is 19.2. The molecule has 1 heterocycles. The number of amides is 1. The van der Waals surface area contributed by atoms with Crippen LogP contribution < -0.4 is 10.6 Å². The highest BCUT2D eigenvalue weighted by Gasteiger charge is 2.30. The lowest BCUT2D eigenvalue weighted by Crippen LogP contribution is -2.28. The van der Waals surface area contributed by atoms with Crippen molar-refractivity contribution in [3.63, 3.8) is 0 Å². The van der Waals surface area contributed by atoms with E-state index in [2.05, 4.69) is 37.7 Å². The molecule has 3 rings (SSSR count). The van der Waals surface area contributed by atoms with Crippen LogP contribution in [0.25, 0.3) is 0 Å². The maximum Gasteiger partial charge on any atom is 0.234 e. The van der Waals surface area contributed by atoms with Crippen LogP contribution in [0.15, 0.2) is 30.3 Å². The molecule has 0 bridgehead atoms. The monoisotopic (exact) mass is 371 g/mol. The molecule has 1 amide bonds. The summed E-state index contributed by atoms with van der Waals surface area (Å²) in [7, 11) is 0. The van der Waals surface area contributed by atoms with Gasteiger partial charge in [-0.3, -0.25) is 10.1 Å². The van der Waals surface area contributed by atoms with E-state index < -0.39 is 5.67 Å². The minimum atomic E-state index is -1.73. The fourth-order valence-corrected chi connectivity index (χ4v) is 3.47. The van der Waals surface area contributed by atoms with Gasteiger partial charge in [0.1, 0.15) is 0 Å². The number of nitrogens with one attached hydrogen (secondary N) is 2. The van der Waals surface area contributed by atoms with E-state index in [9.17, 15) is 9.18 Å². The summed E-state index contributed by atoms with van der Waals surface area (Å²) in [6.45, 7) is 4.14. The first-order valence-corrected chi connectivity index (χ1v) is 9.35. The Morgan fingerprint density at radius 2 is 1.85 bits per heavy atom. The summed E-state index contributed by atoms with van der Waals surface area (Å²) in [6, 6.07) is 10.6. The zero-order valence-corrected chi connectivity index (χ0v) is 16.0. The molecule has 2 atom stereocenters. The second kappa shape index (κ2) is 7.98. The second-order valence-electron chi connectivity index (χ2n) is 7.59.